The van der Waals surface area contributed by atoms with Gasteiger partial charge in [-0.25, -0.2) is 0 Å². The molecule has 0 aromatic carbocycles. The maximum absolute atomic E-state index is 12.1. The molecule has 1 atom stereocenters. The van der Waals surface area contributed by atoms with Crippen molar-refractivity contribution >= 4 is 0 Å². The first-order valence-electron chi connectivity index (χ1n) is 3.06. The minimum atomic E-state index is -6.34. The van der Waals surface area contributed by atoms with Crippen molar-refractivity contribution in [1.82, 2.24) is 0 Å². The van der Waals surface area contributed by atoms with Gasteiger partial charge in [0.05, 0.1) is 6.61 Å². The molecule has 0 aliphatic carbocycles. The lowest BCUT2D eigenvalue weighted by atomic mass is 10.0. The van der Waals surface area contributed by atoms with Gasteiger partial charge in [0.15, 0.2) is 5.92 Å². The molecule has 0 fully saturated rings. The van der Waals surface area contributed by atoms with E-state index >= 15 is 0 Å². The third-order valence-corrected chi connectivity index (χ3v) is 1.39. The van der Waals surface area contributed by atoms with E-state index in [2.05, 4.69) is 0 Å². The predicted octanol–water partition coefficient (Wildman–Crippen LogP) is 2.35. The summed E-state index contributed by atoms with van der Waals surface area (Å²) in [6.07, 6.45) is -12.1. The average molecular weight is 232 g/mol. The molecule has 0 radical (unpaired) electrons. The predicted molar refractivity (Wildman–Crippen MR) is 27.6 cm³/mol. The summed E-state index contributed by atoms with van der Waals surface area (Å²) in [5, 5.41) is 7.86. The van der Waals surface area contributed by atoms with Crippen LogP contribution in [0.25, 0.3) is 0 Å². The number of aliphatic hydroxyl groups is 1. The minimum Gasteiger partial charge on any atom is -0.395 e. The second-order valence-corrected chi connectivity index (χ2v) is 2.40. The van der Waals surface area contributed by atoms with Crippen LogP contribution < -0.4 is 0 Å². The molecule has 0 saturated carbocycles. The maximum Gasteiger partial charge on any atom is 0.454 e. The molecule has 14 heavy (non-hydrogen) atoms. The normalized spacial score (nSPS) is 16.9. The molecule has 1 unspecified atom stereocenters. The highest BCUT2D eigenvalue weighted by Gasteiger charge is 2.69. The van der Waals surface area contributed by atoms with E-state index in [0.29, 0.717) is 0 Å². The number of alkyl halides is 8. The quantitative estimate of drug-likeness (QED) is 0.724. The van der Waals surface area contributed by atoms with Gasteiger partial charge in [-0.05, 0) is 0 Å². The average Bonchev–Trinajstić information content (AvgIpc) is 1.80. The largest absolute Gasteiger partial charge is 0.454 e. The highest BCUT2D eigenvalue weighted by Crippen LogP contribution is 2.47. The second-order valence-electron chi connectivity index (χ2n) is 2.40. The zero-order valence-corrected chi connectivity index (χ0v) is 6.26. The number of hydrogen-bond donors (Lipinski definition) is 1. The zero-order chi connectivity index (χ0) is 11.8. The molecule has 0 aliphatic heterocycles. The van der Waals surface area contributed by atoms with Crippen LogP contribution in [0.4, 0.5) is 35.1 Å². The fourth-order valence-electron chi connectivity index (χ4n) is 0.621. The van der Waals surface area contributed by atoms with Crippen molar-refractivity contribution in [2.24, 2.45) is 5.92 Å². The Morgan fingerprint density at radius 3 is 1.29 bits per heavy atom. The first-order valence-corrected chi connectivity index (χ1v) is 3.06. The number of aliphatic hydroxyl groups excluding tert-OH is 1. The van der Waals surface area contributed by atoms with E-state index in [0.717, 1.165) is 0 Å². The van der Waals surface area contributed by atoms with Crippen LogP contribution in [0.2, 0.25) is 0 Å². The molecule has 0 heterocycles. The van der Waals surface area contributed by atoms with Crippen molar-refractivity contribution < 1.29 is 40.2 Å². The summed E-state index contributed by atoms with van der Waals surface area (Å²) in [6.45, 7) is -2.32. The number of rotatable bonds is 2. The topological polar surface area (TPSA) is 20.2 Å². The van der Waals surface area contributed by atoms with Gasteiger partial charge in [0.25, 0.3) is 0 Å². The first kappa shape index (κ1) is 13.4. The zero-order valence-electron chi connectivity index (χ0n) is 6.26. The molecular formula is C5H4F8O. The van der Waals surface area contributed by atoms with Crippen LogP contribution in [-0.4, -0.2) is 30.0 Å². The Hall–Kier alpha value is -0.600. The fourth-order valence-corrected chi connectivity index (χ4v) is 0.621. The number of hydrogen-bond acceptors (Lipinski definition) is 1. The van der Waals surface area contributed by atoms with Crippen molar-refractivity contribution in [3.63, 3.8) is 0 Å². The minimum absolute atomic E-state index is 2.32. The summed E-state index contributed by atoms with van der Waals surface area (Å²) in [6, 6.07) is 0. The molecular weight excluding hydrogens is 228 g/mol. The summed E-state index contributed by atoms with van der Waals surface area (Å²) in [5.41, 5.74) is 0. The molecule has 1 nitrogen and oxygen atoms in total. The lowest BCUT2D eigenvalue weighted by Crippen LogP contribution is -2.51. The molecule has 1 N–H and O–H groups in total. The Kier molecular flexibility index (Phi) is 3.37. The Morgan fingerprint density at radius 2 is 1.21 bits per heavy atom. The van der Waals surface area contributed by atoms with Crippen molar-refractivity contribution in [2.45, 2.75) is 18.3 Å². The molecule has 0 spiro atoms. The number of halogens is 8. The summed E-state index contributed by atoms with van der Waals surface area (Å²) in [5.74, 6) is -10.1. The summed E-state index contributed by atoms with van der Waals surface area (Å²) < 4.78 is 93.3. The van der Waals surface area contributed by atoms with E-state index < -0.39 is 30.8 Å². The Balaban J connectivity index is 5.04. The van der Waals surface area contributed by atoms with Crippen LogP contribution in [0.3, 0.4) is 0 Å². The highest BCUT2D eigenvalue weighted by molar-refractivity contribution is 4.88. The third kappa shape index (κ3) is 2.46. The molecule has 0 saturated heterocycles. The van der Waals surface area contributed by atoms with Crippen LogP contribution in [0.5, 0.6) is 0 Å². The van der Waals surface area contributed by atoms with E-state index in [4.69, 9.17) is 5.11 Å². The lowest BCUT2D eigenvalue weighted by Gasteiger charge is -2.28. The van der Waals surface area contributed by atoms with Gasteiger partial charge >= 0.3 is 18.3 Å². The highest BCUT2D eigenvalue weighted by atomic mass is 19.4. The molecule has 0 aromatic rings. The molecule has 9 heteroatoms. The first-order chi connectivity index (χ1) is 5.94. The summed E-state index contributed by atoms with van der Waals surface area (Å²) >= 11 is 0. The van der Waals surface area contributed by atoms with Crippen LogP contribution in [0, 0.1) is 5.92 Å². The van der Waals surface area contributed by atoms with E-state index in [1.54, 1.807) is 0 Å². The maximum atomic E-state index is 12.1. The van der Waals surface area contributed by atoms with Crippen molar-refractivity contribution in [3.8, 4) is 0 Å². The van der Waals surface area contributed by atoms with Gasteiger partial charge in [0, 0.05) is 0 Å². The van der Waals surface area contributed by atoms with Gasteiger partial charge in [-0.2, -0.15) is 35.1 Å². The van der Waals surface area contributed by atoms with Gasteiger partial charge in [-0.1, -0.05) is 0 Å². The molecule has 0 amide bonds. The van der Waals surface area contributed by atoms with Crippen LogP contribution in [0.1, 0.15) is 0 Å². The third-order valence-electron chi connectivity index (χ3n) is 1.39. The SMILES string of the molecule is OCC(C(F)(F)F)C(F)(F)C(F)(F)F. The van der Waals surface area contributed by atoms with E-state index in [1.165, 1.54) is 0 Å². The fraction of sp³-hybridized carbons (Fsp3) is 1.00. The van der Waals surface area contributed by atoms with Crippen molar-refractivity contribution in [2.75, 3.05) is 6.61 Å². The van der Waals surface area contributed by atoms with Gasteiger partial charge in [0.2, 0.25) is 0 Å². The summed E-state index contributed by atoms with van der Waals surface area (Å²) in [7, 11) is 0. The molecule has 0 rings (SSSR count). The van der Waals surface area contributed by atoms with Crippen molar-refractivity contribution in [3.05, 3.63) is 0 Å². The van der Waals surface area contributed by atoms with Gasteiger partial charge in [0.1, 0.15) is 0 Å². The van der Waals surface area contributed by atoms with Gasteiger partial charge in [-0.15, -0.1) is 0 Å². The van der Waals surface area contributed by atoms with Gasteiger partial charge < -0.3 is 5.11 Å². The monoisotopic (exact) mass is 232 g/mol. The molecule has 0 bridgehead atoms. The standard InChI is InChI=1S/C5H4F8O/c6-3(7,5(11,12)13)2(1-14)4(8,9)10/h2,14H,1H2. The molecule has 0 aliphatic rings. The molecule has 86 valence electrons. The Bertz CT molecular complexity index is 191. The van der Waals surface area contributed by atoms with E-state index in [-0.39, 0.29) is 0 Å². The van der Waals surface area contributed by atoms with Crippen LogP contribution >= 0.6 is 0 Å². The van der Waals surface area contributed by atoms with E-state index in [1.807, 2.05) is 0 Å². The second kappa shape index (κ2) is 3.52. The smallest absolute Gasteiger partial charge is 0.395 e. The van der Waals surface area contributed by atoms with Gasteiger partial charge in [-0.3, -0.25) is 0 Å². The van der Waals surface area contributed by atoms with E-state index in [9.17, 15) is 35.1 Å². The summed E-state index contributed by atoms with van der Waals surface area (Å²) in [4.78, 5) is 0. The van der Waals surface area contributed by atoms with Crippen LogP contribution in [0.15, 0.2) is 0 Å². The van der Waals surface area contributed by atoms with Crippen molar-refractivity contribution in [1.29, 1.82) is 0 Å². The Morgan fingerprint density at radius 1 is 0.857 bits per heavy atom. The Labute approximate surface area is 72.3 Å². The molecule has 0 aromatic heterocycles. The lowest BCUT2D eigenvalue weighted by molar-refractivity contribution is -0.349. The van der Waals surface area contributed by atoms with Crippen LogP contribution in [-0.2, 0) is 0 Å².